The second-order valence-electron chi connectivity index (χ2n) is 5.40. The van der Waals surface area contributed by atoms with Gasteiger partial charge in [0.2, 0.25) is 15.9 Å². The monoisotopic (exact) mass is 381 g/mol. The van der Waals surface area contributed by atoms with Gasteiger partial charge in [0.1, 0.15) is 0 Å². The normalized spacial score (nSPS) is 11.1. The Hall–Kier alpha value is -2.23. The van der Waals surface area contributed by atoms with E-state index in [1.807, 2.05) is 6.07 Å². The zero-order valence-corrected chi connectivity index (χ0v) is 15.5. The van der Waals surface area contributed by atoms with E-state index in [2.05, 4.69) is 15.4 Å². The van der Waals surface area contributed by atoms with Crippen LogP contribution in [0.5, 0.6) is 0 Å². The van der Waals surface area contributed by atoms with Crippen LogP contribution in [-0.4, -0.2) is 33.0 Å². The smallest absolute Gasteiger partial charge is 0.265 e. The molecule has 3 N–H and O–H groups in total. The Morgan fingerprint density at radius 2 is 1.60 bits per heavy atom. The van der Waals surface area contributed by atoms with E-state index in [4.69, 9.17) is 0 Å². The van der Waals surface area contributed by atoms with Crippen molar-refractivity contribution in [2.75, 3.05) is 23.4 Å². The van der Waals surface area contributed by atoms with Gasteiger partial charge in [-0.2, -0.15) is 0 Å². The molecule has 0 bridgehead atoms. The third kappa shape index (κ3) is 6.65. The lowest BCUT2D eigenvalue weighted by Gasteiger charge is -2.06. The van der Waals surface area contributed by atoms with E-state index in [-0.39, 0.29) is 11.8 Å². The van der Waals surface area contributed by atoms with Gasteiger partial charge in [-0.25, -0.2) is 13.1 Å². The number of hydrogen-bond donors (Lipinski definition) is 3. The van der Waals surface area contributed by atoms with Gasteiger partial charge in [-0.3, -0.25) is 9.59 Å². The third-order valence-electron chi connectivity index (χ3n) is 3.08. The van der Waals surface area contributed by atoms with Crippen molar-refractivity contribution in [1.29, 1.82) is 0 Å². The number of sulfonamides is 1. The number of hydrogen-bond acceptors (Lipinski definition) is 5. The largest absolute Gasteiger partial charge is 0.326 e. The summed E-state index contributed by atoms with van der Waals surface area (Å²) >= 11 is 1.32. The Bertz CT molecular complexity index is 858. The molecule has 0 radical (unpaired) electrons. The van der Waals surface area contributed by atoms with E-state index < -0.39 is 10.0 Å². The SMILES string of the molecule is CC(=O)Nc1ccc(NC(=O)c2ccc(CCNS(C)(=O)=O)s2)cc1. The number of carbonyl (C=O) groups excluding carboxylic acids is 2. The van der Waals surface area contributed by atoms with Crippen molar-refractivity contribution < 1.29 is 18.0 Å². The van der Waals surface area contributed by atoms with Crippen LogP contribution in [0.1, 0.15) is 21.5 Å². The maximum absolute atomic E-state index is 12.2. The van der Waals surface area contributed by atoms with Crippen molar-refractivity contribution in [1.82, 2.24) is 4.72 Å². The summed E-state index contributed by atoms with van der Waals surface area (Å²) in [4.78, 5) is 24.7. The standard InChI is InChI=1S/C16H19N3O4S2/c1-11(20)18-12-3-5-13(6-4-12)19-16(21)15-8-7-14(24-15)9-10-17-25(2,22)23/h3-8,17H,9-10H2,1-2H3,(H,18,20)(H,19,21). The Kier molecular flexibility index (Phi) is 6.29. The number of anilines is 2. The summed E-state index contributed by atoms with van der Waals surface area (Å²) in [7, 11) is -3.21. The van der Waals surface area contributed by atoms with Crippen molar-refractivity contribution in [2.45, 2.75) is 13.3 Å². The molecule has 1 heterocycles. The summed E-state index contributed by atoms with van der Waals surface area (Å²) in [5.74, 6) is -0.395. The molecule has 0 fully saturated rings. The van der Waals surface area contributed by atoms with Gasteiger partial charge in [-0.05, 0) is 42.8 Å². The molecule has 9 heteroatoms. The number of carbonyl (C=O) groups is 2. The van der Waals surface area contributed by atoms with Crippen LogP contribution in [0.15, 0.2) is 36.4 Å². The lowest BCUT2D eigenvalue weighted by atomic mass is 10.2. The zero-order valence-electron chi connectivity index (χ0n) is 13.8. The van der Waals surface area contributed by atoms with Crippen LogP contribution in [0.2, 0.25) is 0 Å². The fourth-order valence-corrected chi connectivity index (χ4v) is 3.40. The van der Waals surface area contributed by atoms with Crippen molar-refractivity contribution in [3.63, 3.8) is 0 Å². The van der Waals surface area contributed by atoms with Crippen LogP contribution in [-0.2, 0) is 21.2 Å². The molecule has 0 aliphatic rings. The second kappa shape index (κ2) is 8.24. The molecule has 2 amide bonds. The third-order valence-corrected chi connectivity index (χ3v) is 4.96. The molecule has 7 nitrogen and oxygen atoms in total. The predicted molar refractivity (Wildman–Crippen MR) is 99.6 cm³/mol. The van der Waals surface area contributed by atoms with E-state index in [0.717, 1.165) is 11.1 Å². The van der Waals surface area contributed by atoms with Crippen LogP contribution in [0.25, 0.3) is 0 Å². The molecule has 0 aliphatic carbocycles. The minimum absolute atomic E-state index is 0.159. The summed E-state index contributed by atoms with van der Waals surface area (Å²) in [6, 6.07) is 10.3. The molecule has 0 aliphatic heterocycles. The summed E-state index contributed by atoms with van der Waals surface area (Å²) < 4.78 is 24.5. The molecule has 1 aromatic heterocycles. The van der Waals surface area contributed by atoms with Gasteiger partial charge < -0.3 is 10.6 Å². The van der Waals surface area contributed by atoms with E-state index >= 15 is 0 Å². The first kappa shape index (κ1) is 19.1. The molecule has 0 atom stereocenters. The maximum atomic E-state index is 12.2. The van der Waals surface area contributed by atoms with Crippen molar-refractivity contribution in [3.05, 3.63) is 46.2 Å². The van der Waals surface area contributed by atoms with Crippen LogP contribution in [0, 0.1) is 0 Å². The minimum atomic E-state index is -3.21. The van der Waals surface area contributed by atoms with E-state index in [0.29, 0.717) is 29.2 Å². The molecule has 25 heavy (non-hydrogen) atoms. The highest BCUT2D eigenvalue weighted by molar-refractivity contribution is 7.88. The molecule has 134 valence electrons. The first-order chi connectivity index (χ1) is 11.7. The summed E-state index contributed by atoms with van der Waals surface area (Å²) in [6.07, 6.45) is 1.63. The highest BCUT2D eigenvalue weighted by Gasteiger charge is 2.10. The first-order valence-electron chi connectivity index (χ1n) is 7.45. The van der Waals surface area contributed by atoms with Gasteiger partial charge in [-0.15, -0.1) is 11.3 Å². The highest BCUT2D eigenvalue weighted by atomic mass is 32.2. The van der Waals surface area contributed by atoms with Crippen molar-refractivity contribution in [2.24, 2.45) is 0 Å². The lowest BCUT2D eigenvalue weighted by molar-refractivity contribution is -0.114. The van der Waals surface area contributed by atoms with Crippen molar-refractivity contribution in [3.8, 4) is 0 Å². The molecule has 1 aromatic carbocycles. The van der Waals surface area contributed by atoms with Crippen LogP contribution in [0.4, 0.5) is 11.4 Å². The van der Waals surface area contributed by atoms with Crippen LogP contribution < -0.4 is 15.4 Å². The average Bonchev–Trinajstić information content (AvgIpc) is 2.96. The Labute approximate surface area is 150 Å². The van der Waals surface area contributed by atoms with E-state index in [1.54, 1.807) is 30.3 Å². The minimum Gasteiger partial charge on any atom is -0.326 e. The molecule has 0 spiro atoms. The summed E-state index contributed by atoms with van der Waals surface area (Å²) in [6.45, 7) is 1.72. The molecule has 0 saturated heterocycles. The summed E-state index contributed by atoms with van der Waals surface area (Å²) in [5.41, 5.74) is 1.27. The predicted octanol–water partition coefficient (Wildman–Crippen LogP) is 2.05. The maximum Gasteiger partial charge on any atom is 0.265 e. The molecule has 0 unspecified atom stereocenters. The fourth-order valence-electron chi connectivity index (χ4n) is 2.03. The number of nitrogens with one attached hydrogen (secondary N) is 3. The first-order valence-corrected chi connectivity index (χ1v) is 10.2. The van der Waals surface area contributed by atoms with Crippen LogP contribution in [0.3, 0.4) is 0 Å². The van der Waals surface area contributed by atoms with E-state index in [9.17, 15) is 18.0 Å². The summed E-state index contributed by atoms with van der Waals surface area (Å²) in [5, 5.41) is 5.43. The molecular formula is C16H19N3O4S2. The Morgan fingerprint density at radius 1 is 1.00 bits per heavy atom. The van der Waals surface area contributed by atoms with Gasteiger partial charge in [0, 0.05) is 29.7 Å². The molecule has 0 saturated carbocycles. The molecule has 2 aromatic rings. The number of benzene rings is 1. The topological polar surface area (TPSA) is 104 Å². The van der Waals surface area contributed by atoms with E-state index in [1.165, 1.54) is 18.3 Å². The number of thiophene rings is 1. The van der Waals surface area contributed by atoms with Gasteiger partial charge in [0.15, 0.2) is 0 Å². The Balaban J connectivity index is 1.91. The van der Waals surface area contributed by atoms with Gasteiger partial charge in [-0.1, -0.05) is 0 Å². The second-order valence-corrected chi connectivity index (χ2v) is 8.40. The van der Waals surface area contributed by atoms with Gasteiger partial charge in [0.25, 0.3) is 5.91 Å². The zero-order chi connectivity index (χ0) is 18.4. The molecular weight excluding hydrogens is 362 g/mol. The average molecular weight is 381 g/mol. The van der Waals surface area contributed by atoms with Crippen LogP contribution >= 0.6 is 11.3 Å². The number of amides is 2. The fraction of sp³-hybridized carbons (Fsp3) is 0.250. The van der Waals surface area contributed by atoms with Gasteiger partial charge in [0.05, 0.1) is 11.1 Å². The van der Waals surface area contributed by atoms with Crippen molar-refractivity contribution >= 4 is 44.5 Å². The lowest BCUT2D eigenvalue weighted by Crippen LogP contribution is -2.24. The Morgan fingerprint density at radius 3 is 2.16 bits per heavy atom. The molecule has 2 rings (SSSR count). The van der Waals surface area contributed by atoms with Gasteiger partial charge >= 0.3 is 0 Å². The highest BCUT2D eigenvalue weighted by Crippen LogP contribution is 2.20. The number of rotatable bonds is 7. The quantitative estimate of drug-likeness (QED) is 0.683.